The number of hydrazone groups is 1. The molecule has 5 nitrogen and oxygen atoms in total. The van der Waals surface area contributed by atoms with E-state index in [1.807, 2.05) is 19.1 Å². The van der Waals surface area contributed by atoms with Crippen LogP contribution in [0.5, 0.6) is 5.75 Å². The van der Waals surface area contributed by atoms with Gasteiger partial charge in [0.05, 0.1) is 12.8 Å². The third-order valence-corrected chi connectivity index (χ3v) is 2.96. The number of amides is 1. The van der Waals surface area contributed by atoms with E-state index in [-0.39, 0.29) is 5.91 Å². The van der Waals surface area contributed by atoms with Crippen molar-refractivity contribution in [3.63, 3.8) is 0 Å². The predicted molar refractivity (Wildman–Crippen MR) is 85.4 cm³/mol. The number of rotatable bonds is 7. The first-order valence-corrected chi connectivity index (χ1v) is 7.38. The lowest BCUT2D eigenvalue weighted by molar-refractivity contribution is 0.0955. The largest absolute Gasteiger partial charge is 0.494 e. The molecule has 2 aromatic rings. The summed E-state index contributed by atoms with van der Waals surface area (Å²) in [6.07, 6.45) is 3.41. The van der Waals surface area contributed by atoms with Crippen molar-refractivity contribution < 1.29 is 13.9 Å². The maximum Gasteiger partial charge on any atom is 0.271 e. The van der Waals surface area contributed by atoms with Crippen molar-refractivity contribution in [3.05, 3.63) is 53.5 Å². The molecule has 1 heterocycles. The number of ether oxygens (including phenoxy) is 1. The molecule has 0 saturated heterocycles. The third-order valence-electron chi connectivity index (χ3n) is 2.96. The summed E-state index contributed by atoms with van der Waals surface area (Å²) in [5.74, 6) is 2.00. The van der Waals surface area contributed by atoms with Crippen LogP contribution in [0.1, 0.15) is 42.1 Å². The number of hydrogen-bond acceptors (Lipinski definition) is 4. The molecular formula is C17H20N2O3. The molecule has 116 valence electrons. The summed E-state index contributed by atoms with van der Waals surface area (Å²) in [4.78, 5) is 11.9. The summed E-state index contributed by atoms with van der Waals surface area (Å²) in [5.41, 5.74) is 2.99. The molecule has 0 aliphatic rings. The number of carbonyl (C=O) groups excluding carboxylic acids is 1. The average Bonchev–Trinajstić information content (AvgIpc) is 2.96. The van der Waals surface area contributed by atoms with Gasteiger partial charge in [-0.15, -0.1) is 0 Å². The molecule has 0 spiro atoms. The number of hydrogen-bond donors (Lipinski definition) is 1. The van der Waals surface area contributed by atoms with E-state index in [4.69, 9.17) is 9.15 Å². The second kappa shape index (κ2) is 8.02. The van der Waals surface area contributed by atoms with Crippen LogP contribution in [0.3, 0.4) is 0 Å². The molecule has 1 aromatic heterocycles. The normalized spacial score (nSPS) is 10.8. The number of nitrogens with zero attached hydrogens (tertiary/aromatic N) is 1. The van der Waals surface area contributed by atoms with Gasteiger partial charge in [0.2, 0.25) is 0 Å². The quantitative estimate of drug-likeness (QED) is 0.629. The van der Waals surface area contributed by atoms with Crippen molar-refractivity contribution in [2.24, 2.45) is 5.10 Å². The van der Waals surface area contributed by atoms with Gasteiger partial charge in [-0.25, -0.2) is 5.43 Å². The first-order valence-electron chi connectivity index (χ1n) is 7.38. The fraction of sp³-hybridized carbons (Fsp3) is 0.294. The topological polar surface area (TPSA) is 63.8 Å². The number of carbonyl (C=O) groups is 1. The molecule has 2 rings (SSSR count). The summed E-state index contributed by atoms with van der Waals surface area (Å²) >= 11 is 0. The van der Waals surface area contributed by atoms with Crippen LogP contribution < -0.4 is 10.2 Å². The Morgan fingerprint density at radius 2 is 2.00 bits per heavy atom. The standard InChI is InChI=1S/C17H20N2O3/c1-3-5-15-10-11-16(22-15)12-18-19-17(20)13-6-8-14(9-7-13)21-4-2/h6-12H,3-5H2,1-2H3,(H,19,20)/b18-12-. The molecule has 22 heavy (non-hydrogen) atoms. The van der Waals surface area contributed by atoms with E-state index in [9.17, 15) is 4.79 Å². The highest BCUT2D eigenvalue weighted by Crippen LogP contribution is 2.12. The molecule has 0 radical (unpaired) electrons. The zero-order chi connectivity index (χ0) is 15.8. The van der Waals surface area contributed by atoms with Gasteiger partial charge in [-0.3, -0.25) is 4.79 Å². The first-order chi connectivity index (χ1) is 10.7. The van der Waals surface area contributed by atoms with Gasteiger partial charge in [-0.1, -0.05) is 6.92 Å². The average molecular weight is 300 g/mol. The van der Waals surface area contributed by atoms with Gasteiger partial charge in [-0.05, 0) is 49.7 Å². The number of furan rings is 1. The summed E-state index contributed by atoms with van der Waals surface area (Å²) in [6.45, 7) is 4.60. The molecule has 0 aliphatic heterocycles. The summed E-state index contributed by atoms with van der Waals surface area (Å²) < 4.78 is 10.9. The molecule has 1 amide bonds. The number of nitrogens with one attached hydrogen (secondary N) is 1. The zero-order valence-corrected chi connectivity index (χ0v) is 12.8. The van der Waals surface area contributed by atoms with Crippen LogP contribution in [0.4, 0.5) is 0 Å². The highest BCUT2D eigenvalue weighted by molar-refractivity contribution is 5.94. The van der Waals surface area contributed by atoms with Crippen molar-refractivity contribution in [1.29, 1.82) is 0 Å². The van der Waals surface area contributed by atoms with E-state index >= 15 is 0 Å². The monoisotopic (exact) mass is 300 g/mol. The maximum absolute atomic E-state index is 11.9. The Balaban J connectivity index is 1.89. The minimum Gasteiger partial charge on any atom is -0.494 e. The van der Waals surface area contributed by atoms with Crippen molar-refractivity contribution in [2.45, 2.75) is 26.7 Å². The SMILES string of the molecule is CCCc1ccc(/C=N\NC(=O)c2ccc(OCC)cc2)o1. The Labute approximate surface area is 130 Å². The molecule has 0 saturated carbocycles. The molecule has 0 fully saturated rings. The van der Waals surface area contributed by atoms with Gasteiger partial charge in [0.25, 0.3) is 5.91 Å². The molecule has 0 bridgehead atoms. The summed E-state index contributed by atoms with van der Waals surface area (Å²) in [7, 11) is 0. The smallest absolute Gasteiger partial charge is 0.271 e. The Morgan fingerprint density at radius 1 is 1.23 bits per heavy atom. The predicted octanol–water partition coefficient (Wildman–Crippen LogP) is 3.39. The maximum atomic E-state index is 11.9. The summed E-state index contributed by atoms with van der Waals surface area (Å²) in [5, 5.41) is 3.90. The van der Waals surface area contributed by atoms with Crippen LogP contribution in [0.25, 0.3) is 0 Å². The van der Waals surface area contributed by atoms with Crippen LogP contribution in [-0.4, -0.2) is 18.7 Å². The van der Waals surface area contributed by atoms with Crippen molar-refractivity contribution in [3.8, 4) is 5.75 Å². The molecular weight excluding hydrogens is 280 g/mol. The van der Waals surface area contributed by atoms with Crippen molar-refractivity contribution >= 4 is 12.1 Å². The molecule has 5 heteroatoms. The van der Waals surface area contributed by atoms with Gasteiger partial charge >= 0.3 is 0 Å². The number of aryl methyl sites for hydroxylation is 1. The second-order valence-electron chi connectivity index (χ2n) is 4.71. The highest BCUT2D eigenvalue weighted by atomic mass is 16.5. The molecule has 1 N–H and O–H groups in total. The fourth-order valence-electron chi connectivity index (χ4n) is 1.93. The van der Waals surface area contributed by atoms with E-state index in [0.29, 0.717) is 17.9 Å². The Morgan fingerprint density at radius 3 is 2.68 bits per heavy atom. The minimum absolute atomic E-state index is 0.278. The summed E-state index contributed by atoms with van der Waals surface area (Å²) in [6, 6.07) is 10.7. The van der Waals surface area contributed by atoms with E-state index in [0.717, 1.165) is 24.4 Å². The fourth-order valence-corrected chi connectivity index (χ4v) is 1.93. The van der Waals surface area contributed by atoms with E-state index in [1.165, 1.54) is 6.21 Å². The van der Waals surface area contributed by atoms with Crippen molar-refractivity contribution in [1.82, 2.24) is 5.43 Å². The van der Waals surface area contributed by atoms with Crippen LogP contribution in [0.15, 0.2) is 45.9 Å². The second-order valence-corrected chi connectivity index (χ2v) is 4.71. The third kappa shape index (κ3) is 4.48. The Bertz CT molecular complexity index is 630. The van der Waals surface area contributed by atoms with E-state index < -0.39 is 0 Å². The van der Waals surface area contributed by atoms with Crippen LogP contribution >= 0.6 is 0 Å². The highest BCUT2D eigenvalue weighted by Gasteiger charge is 2.04. The van der Waals surface area contributed by atoms with Crippen LogP contribution in [0, 0.1) is 0 Å². The number of benzene rings is 1. The van der Waals surface area contributed by atoms with E-state index in [2.05, 4.69) is 17.5 Å². The van der Waals surface area contributed by atoms with Gasteiger partial charge in [0.1, 0.15) is 17.3 Å². The molecule has 1 aromatic carbocycles. The van der Waals surface area contributed by atoms with Crippen molar-refractivity contribution in [2.75, 3.05) is 6.61 Å². The van der Waals surface area contributed by atoms with Gasteiger partial charge in [0, 0.05) is 12.0 Å². The van der Waals surface area contributed by atoms with Crippen LogP contribution in [0.2, 0.25) is 0 Å². The van der Waals surface area contributed by atoms with Gasteiger partial charge in [-0.2, -0.15) is 5.10 Å². The molecule has 0 aliphatic carbocycles. The van der Waals surface area contributed by atoms with Crippen LogP contribution in [-0.2, 0) is 6.42 Å². The minimum atomic E-state index is -0.278. The van der Waals surface area contributed by atoms with E-state index in [1.54, 1.807) is 24.3 Å². The zero-order valence-electron chi connectivity index (χ0n) is 12.8. The van der Waals surface area contributed by atoms with Gasteiger partial charge in [0.15, 0.2) is 0 Å². The lowest BCUT2D eigenvalue weighted by Crippen LogP contribution is -2.17. The van der Waals surface area contributed by atoms with Gasteiger partial charge < -0.3 is 9.15 Å². The lowest BCUT2D eigenvalue weighted by atomic mass is 10.2. The Hall–Kier alpha value is -2.56. The lowest BCUT2D eigenvalue weighted by Gasteiger charge is -2.03. The Kier molecular flexibility index (Phi) is 5.77. The first kappa shape index (κ1) is 15.8. The molecule has 0 atom stereocenters. The molecule has 0 unspecified atom stereocenters.